The zero-order chi connectivity index (χ0) is 14.2. The van der Waals surface area contributed by atoms with E-state index in [2.05, 4.69) is 10.2 Å². The average molecular weight is 259 g/mol. The Morgan fingerprint density at radius 3 is 1.68 bits per heavy atom. The molecule has 0 bridgehead atoms. The topological polar surface area (TPSA) is 62.1 Å². The SMILES string of the molecule is CC(C)c1cccc(C(C)C)c1N1C(=O)N=NC1=O. The number of carbonyl (C=O) groups excluding carboxylic acids is 2. The average Bonchev–Trinajstić information content (AvgIpc) is 2.67. The maximum Gasteiger partial charge on any atom is 0.375 e. The van der Waals surface area contributed by atoms with E-state index in [0.717, 1.165) is 16.0 Å². The van der Waals surface area contributed by atoms with Gasteiger partial charge in [-0.15, -0.1) is 0 Å². The van der Waals surface area contributed by atoms with Crippen LogP contribution in [0.5, 0.6) is 0 Å². The Kier molecular flexibility index (Phi) is 3.46. The van der Waals surface area contributed by atoms with Gasteiger partial charge in [0.05, 0.1) is 5.69 Å². The van der Waals surface area contributed by atoms with E-state index in [0.29, 0.717) is 5.69 Å². The van der Waals surface area contributed by atoms with Crippen LogP contribution in [0.1, 0.15) is 50.7 Å². The lowest BCUT2D eigenvalue weighted by molar-refractivity contribution is 0.248. The van der Waals surface area contributed by atoms with Crippen LogP contribution in [0.2, 0.25) is 0 Å². The number of benzene rings is 1. The monoisotopic (exact) mass is 259 g/mol. The molecule has 19 heavy (non-hydrogen) atoms. The molecule has 0 fully saturated rings. The standard InChI is InChI=1S/C14H17N3O2/c1-8(2)10-6-5-7-11(9(3)4)12(10)17-13(18)15-16-14(17)19/h5-9H,1-4H3. The summed E-state index contributed by atoms with van der Waals surface area (Å²) in [6.07, 6.45) is 0. The number of urea groups is 2. The molecular formula is C14H17N3O2. The summed E-state index contributed by atoms with van der Waals surface area (Å²) in [6, 6.07) is 4.60. The molecule has 0 radical (unpaired) electrons. The molecule has 0 unspecified atom stereocenters. The van der Waals surface area contributed by atoms with Gasteiger partial charge in [-0.2, -0.15) is 0 Å². The number of nitrogens with zero attached hydrogens (tertiary/aromatic N) is 3. The van der Waals surface area contributed by atoms with Crippen molar-refractivity contribution < 1.29 is 9.59 Å². The second kappa shape index (κ2) is 4.91. The van der Waals surface area contributed by atoms with Gasteiger partial charge in [-0.1, -0.05) is 56.1 Å². The second-order valence-electron chi connectivity index (χ2n) is 5.20. The molecule has 0 saturated heterocycles. The Balaban J connectivity index is 2.65. The molecule has 0 spiro atoms. The first-order valence-corrected chi connectivity index (χ1v) is 6.36. The molecule has 1 aliphatic heterocycles. The van der Waals surface area contributed by atoms with E-state index in [1.807, 2.05) is 45.9 Å². The first-order valence-electron chi connectivity index (χ1n) is 6.36. The van der Waals surface area contributed by atoms with Gasteiger partial charge < -0.3 is 0 Å². The summed E-state index contributed by atoms with van der Waals surface area (Å²) in [7, 11) is 0. The first-order chi connectivity index (χ1) is 8.93. The lowest BCUT2D eigenvalue weighted by atomic mass is 9.92. The Morgan fingerprint density at radius 2 is 1.32 bits per heavy atom. The quantitative estimate of drug-likeness (QED) is 0.805. The van der Waals surface area contributed by atoms with Crippen LogP contribution in [0, 0.1) is 0 Å². The Labute approximate surface area is 112 Å². The van der Waals surface area contributed by atoms with Crippen molar-refractivity contribution in [1.82, 2.24) is 0 Å². The summed E-state index contributed by atoms with van der Waals surface area (Å²) in [5, 5.41) is 6.68. The fraction of sp³-hybridized carbons (Fsp3) is 0.429. The van der Waals surface area contributed by atoms with E-state index < -0.39 is 12.1 Å². The van der Waals surface area contributed by atoms with Crippen LogP contribution in [0.15, 0.2) is 28.4 Å². The van der Waals surface area contributed by atoms with Crippen molar-refractivity contribution in [1.29, 1.82) is 0 Å². The minimum Gasteiger partial charge on any atom is -0.243 e. The molecule has 1 aromatic rings. The molecule has 2 rings (SSSR count). The van der Waals surface area contributed by atoms with Crippen LogP contribution >= 0.6 is 0 Å². The Bertz CT molecular complexity index is 518. The number of anilines is 1. The number of azo groups is 1. The summed E-state index contributed by atoms with van der Waals surface area (Å²) in [4.78, 5) is 24.6. The molecule has 1 heterocycles. The van der Waals surface area contributed by atoms with Gasteiger partial charge in [-0.3, -0.25) is 0 Å². The minimum atomic E-state index is -0.611. The van der Waals surface area contributed by atoms with Crippen LogP contribution in [0.25, 0.3) is 0 Å². The van der Waals surface area contributed by atoms with Crippen molar-refractivity contribution in [3.05, 3.63) is 29.3 Å². The summed E-state index contributed by atoms with van der Waals surface area (Å²) < 4.78 is 0. The summed E-state index contributed by atoms with van der Waals surface area (Å²) in [5.74, 6) is 0.407. The number of imide groups is 1. The van der Waals surface area contributed by atoms with Crippen molar-refractivity contribution in [2.24, 2.45) is 10.2 Å². The van der Waals surface area contributed by atoms with Crippen LogP contribution in [0.4, 0.5) is 15.3 Å². The number of carbonyl (C=O) groups is 2. The predicted octanol–water partition coefficient (Wildman–Crippen LogP) is 4.45. The van der Waals surface area contributed by atoms with Crippen LogP contribution < -0.4 is 4.90 Å². The van der Waals surface area contributed by atoms with Gasteiger partial charge in [0.15, 0.2) is 0 Å². The van der Waals surface area contributed by atoms with Crippen molar-refractivity contribution >= 4 is 17.7 Å². The predicted molar refractivity (Wildman–Crippen MR) is 72.7 cm³/mol. The van der Waals surface area contributed by atoms with E-state index in [4.69, 9.17) is 0 Å². The molecule has 1 aromatic carbocycles. The van der Waals surface area contributed by atoms with Gasteiger partial charge in [-0.25, -0.2) is 14.5 Å². The lowest BCUT2D eigenvalue weighted by Crippen LogP contribution is -2.30. The molecule has 4 amide bonds. The van der Waals surface area contributed by atoms with E-state index in [1.54, 1.807) is 0 Å². The van der Waals surface area contributed by atoms with Crippen molar-refractivity contribution in [3.63, 3.8) is 0 Å². The molecule has 5 nitrogen and oxygen atoms in total. The maximum absolute atomic E-state index is 11.8. The second-order valence-corrected chi connectivity index (χ2v) is 5.20. The third-order valence-electron chi connectivity index (χ3n) is 3.17. The fourth-order valence-electron chi connectivity index (χ4n) is 2.22. The molecule has 0 atom stereocenters. The zero-order valence-corrected chi connectivity index (χ0v) is 11.5. The molecule has 100 valence electrons. The van der Waals surface area contributed by atoms with Crippen molar-refractivity contribution in [2.45, 2.75) is 39.5 Å². The highest BCUT2D eigenvalue weighted by Gasteiger charge is 2.33. The lowest BCUT2D eigenvalue weighted by Gasteiger charge is -2.23. The highest BCUT2D eigenvalue weighted by atomic mass is 16.2. The van der Waals surface area contributed by atoms with E-state index in [1.165, 1.54) is 0 Å². The van der Waals surface area contributed by atoms with Gasteiger partial charge in [-0.05, 0) is 23.0 Å². The highest BCUT2D eigenvalue weighted by molar-refractivity contribution is 6.18. The third kappa shape index (κ3) is 2.28. The van der Waals surface area contributed by atoms with Gasteiger partial charge in [0.1, 0.15) is 0 Å². The third-order valence-corrected chi connectivity index (χ3v) is 3.17. The molecule has 0 aromatic heterocycles. The minimum absolute atomic E-state index is 0.204. The van der Waals surface area contributed by atoms with Gasteiger partial charge >= 0.3 is 12.1 Å². The van der Waals surface area contributed by atoms with Crippen LogP contribution in [0.3, 0.4) is 0 Å². The largest absolute Gasteiger partial charge is 0.375 e. The van der Waals surface area contributed by atoms with Gasteiger partial charge in [0.2, 0.25) is 0 Å². The summed E-state index contributed by atoms with van der Waals surface area (Å²) in [5.41, 5.74) is 2.56. The van der Waals surface area contributed by atoms with E-state index in [9.17, 15) is 9.59 Å². The van der Waals surface area contributed by atoms with E-state index in [-0.39, 0.29) is 11.8 Å². The number of amides is 4. The number of hydrogen-bond donors (Lipinski definition) is 0. The molecule has 0 aliphatic carbocycles. The Morgan fingerprint density at radius 1 is 0.895 bits per heavy atom. The number of rotatable bonds is 3. The normalized spacial score (nSPS) is 15.2. The number of para-hydroxylation sites is 1. The number of hydrogen-bond acceptors (Lipinski definition) is 2. The molecular weight excluding hydrogens is 242 g/mol. The van der Waals surface area contributed by atoms with Crippen molar-refractivity contribution in [3.8, 4) is 0 Å². The molecule has 0 saturated carbocycles. The molecule has 5 heteroatoms. The van der Waals surface area contributed by atoms with E-state index >= 15 is 0 Å². The highest BCUT2D eigenvalue weighted by Crippen LogP contribution is 2.37. The van der Waals surface area contributed by atoms with Crippen molar-refractivity contribution in [2.75, 3.05) is 4.90 Å². The first kappa shape index (κ1) is 13.4. The summed E-state index contributed by atoms with van der Waals surface area (Å²) >= 11 is 0. The maximum atomic E-state index is 11.8. The zero-order valence-electron chi connectivity index (χ0n) is 11.5. The smallest absolute Gasteiger partial charge is 0.243 e. The molecule has 1 aliphatic rings. The Hall–Kier alpha value is -2.04. The molecule has 0 N–H and O–H groups in total. The van der Waals surface area contributed by atoms with Gasteiger partial charge in [0.25, 0.3) is 0 Å². The fourth-order valence-corrected chi connectivity index (χ4v) is 2.22. The van der Waals surface area contributed by atoms with Crippen LogP contribution in [-0.2, 0) is 0 Å². The van der Waals surface area contributed by atoms with Crippen LogP contribution in [-0.4, -0.2) is 12.1 Å². The van der Waals surface area contributed by atoms with Gasteiger partial charge in [0, 0.05) is 0 Å². The summed E-state index contributed by atoms with van der Waals surface area (Å²) in [6.45, 7) is 8.12.